The van der Waals surface area contributed by atoms with Gasteiger partial charge in [-0.1, -0.05) is 12.8 Å². The number of rotatable bonds is 4. The van der Waals surface area contributed by atoms with Gasteiger partial charge in [0, 0.05) is 25.7 Å². The molecule has 1 saturated heterocycles. The SMILES string of the molecule is C1CN(CCC2CC2)CC(C2CC2)N1. The van der Waals surface area contributed by atoms with Gasteiger partial charge >= 0.3 is 0 Å². The van der Waals surface area contributed by atoms with E-state index in [1.54, 1.807) is 0 Å². The van der Waals surface area contributed by atoms with E-state index in [2.05, 4.69) is 10.2 Å². The minimum atomic E-state index is 0.836. The summed E-state index contributed by atoms with van der Waals surface area (Å²) in [6.45, 7) is 5.22. The maximum atomic E-state index is 3.67. The molecule has 0 radical (unpaired) electrons. The molecule has 80 valence electrons. The largest absolute Gasteiger partial charge is 0.311 e. The fourth-order valence-electron chi connectivity index (χ4n) is 2.63. The summed E-state index contributed by atoms with van der Waals surface area (Å²) in [5.74, 6) is 2.13. The van der Waals surface area contributed by atoms with Crippen LogP contribution >= 0.6 is 0 Å². The molecule has 0 amide bonds. The van der Waals surface area contributed by atoms with E-state index in [-0.39, 0.29) is 0 Å². The highest BCUT2D eigenvalue weighted by Gasteiger charge is 2.34. The normalized spacial score (nSPS) is 34.7. The van der Waals surface area contributed by atoms with Gasteiger partial charge in [0.05, 0.1) is 0 Å². The number of hydrogen-bond donors (Lipinski definition) is 1. The first kappa shape index (κ1) is 9.17. The van der Waals surface area contributed by atoms with Gasteiger partial charge in [0.2, 0.25) is 0 Å². The summed E-state index contributed by atoms with van der Waals surface area (Å²) in [6.07, 6.45) is 7.45. The van der Waals surface area contributed by atoms with Crippen molar-refractivity contribution in [3.63, 3.8) is 0 Å². The van der Waals surface area contributed by atoms with E-state index in [9.17, 15) is 0 Å². The van der Waals surface area contributed by atoms with Crippen LogP contribution in [0.5, 0.6) is 0 Å². The third-order valence-corrected chi connectivity index (χ3v) is 4.03. The van der Waals surface area contributed by atoms with Gasteiger partial charge in [-0.15, -0.1) is 0 Å². The van der Waals surface area contributed by atoms with Crippen molar-refractivity contribution >= 4 is 0 Å². The summed E-state index contributed by atoms with van der Waals surface area (Å²) in [5.41, 5.74) is 0. The lowest BCUT2D eigenvalue weighted by Gasteiger charge is -2.33. The second-order valence-electron chi connectivity index (χ2n) is 5.43. The average Bonchev–Trinajstić information content (AvgIpc) is 3.06. The van der Waals surface area contributed by atoms with Crippen LogP contribution in [0.15, 0.2) is 0 Å². The van der Waals surface area contributed by atoms with E-state index in [1.165, 1.54) is 58.3 Å². The van der Waals surface area contributed by atoms with Gasteiger partial charge in [0.1, 0.15) is 0 Å². The molecule has 2 heteroatoms. The summed E-state index contributed by atoms with van der Waals surface area (Å²) in [6, 6.07) is 0.836. The first-order valence-corrected chi connectivity index (χ1v) is 6.37. The Morgan fingerprint density at radius 1 is 1.14 bits per heavy atom. The fraction of sp³-hybridized carbons (Fsp3) is 1.00. The minimum absolute atomic E-state index is 0.836. The maximum absolute atomic E-state index is 3.67. The van der Waals surface area contributed by atoms with Crippen LogP contribution in [0.3, 0.4) is 0 Å². The molecular weight excluding hydrogens is 172 g/mol. The minimum Gasteiger partial charge on any atom is -0.311 e. The second kappa shape index (κ2) is 3.82. The molecule has 0 aromatic carbocycles. The lowest BCUT2D eigenvalue weighted by atomic mass is 10.1. The summed E-state index contributed by atoms with van der Waals surface area (Å²) in [7, 11) is 0. The highest BCUT2D eigenvalue weighted by molar-refractivity contribution is 4.91. The topological polar surface area (TPSA) is 15.3 Å². The number of hydrogen-bond acceptors (Lipinski definition) is 2. The molecule has 0 aromatic heterocycles. The van der Waals surface area contributed by atoms with E-state index < -0.39 is 0 Å². The van der Waals surface area contributed by atoms with Crippen LogP contribution < -0.4 is 5.32 Å². The zero-order valence-corrected chi connectivity index (χ0v) is 9.04. The van der Waals surface area contributed by atoms with Gasteiger partial charge in [-0.05, 0) is 37.6 Å². The first-order valence-electron chi connectivity index (χ1n) is 6.37. The number of piperazine rings is 1. The van der Waals surface area contributed by atoms with Gasteiger partial charge in [0.15, 0.2) is 0 Å². The third kappa shape index (κ3) is 2.29. The molecule has 1 heterocycles. The summed E-state index contributed by atoms with van der Waals surface area (Å²) >= 11 is 0. The Kier molecular flexibility index (Phi) is 2.50. The molecule has 3 aliphatic rings. The van der Waals surface area contributed by atoms with Crippen molar-refractivity contribution in [2.75, 3.05) is 26.2 Å². The van der Waals surface area contributed by atoms with Gasteiger partial charge in [-0.3, -0.25) is 0 Å². The molecule has 1 unspecified atom stereocenters. The summed E-state index contributed by atoms with van der Waals surface area (Å²) in [5, 5.41) is 3.67. The third-order valence-electron chi connectivity index (χ3n) is 4.03. The van der Waals surface area contributed by atoms with Crippen LogP contribution in [-0.2, 0) is 0 Å². The quantitative estimate of drug-likeness (QED) is 0.729. The van der Waals surface area contributed by atoms with E-state index in [0.717, 1.165) is 17.9 Å². The zero-order chi connectivity index (χ0) is 9.38. The Morgan fingerprint density at radius 2 is 2.00 bits per heavy atom. The van der Waals surface area contributed by atoms with Crippen molar-refractivity contribution in [1.82, 2.24) is 10.2 Å². The number of nitrogens with one attached hydrogen (secondary N) is 1. The smallest absolute Gasteiger partial charge is 0.0223 e. The van der Waals surface area contributed by atoms with E-state index in [0.29, 0.717) is 0 Å². The van der Waals surface area contributed by atoms with Crippen LogP contribution in [-0.4, -0.2) is 37.1 Å². The van der Waals surface area contributed by atoms with Crippen LogP contribution in [0, 0.1) is 11.8 Å². The highest BCUT2D eigenvalue weighted by Crippen LogP contribution is 2.35. The van der Waals surface area contributed by atoms with Gasteiger partial charge in [-0.25, -0.2) is 0 Å². The van der Waals surface area contributed by atoms with Crippen LogP contribution in [0.1, 0.15) is 32.1 Å². The molecule has 0 aromatic rings. The molecule has 3 rings (SSSR count). The molecule has 1 N–H and O–H groups in total. The predicted molar refractivity (Wildman–Crippen MR) is 58.3 cm³/mol. The van der Waals surface area contributed by atoms with E-state index in [4.69, 9.17) is 0 Å². The Labute approximate surface area is 87.0 Å². The average molecular weight is 194 g/mol. The Balaban J connectivity index is 1.42. The monoisotopic (exact) mass is 194 g/mol. The summed E-state index contributed by atoms with van der Waals surface area (Å²) < 4.78 is 0. The van der Waals surface area contributed by atoms with Gasteiger partial charge < -0.3 is 10.2 Å². The van der Waals surface area contributed by atoms with Gasteiger partial charge in [0.25, 0.3) is 0 Å². The highest BCUT2D eigenvalue weighted by atomic mass is 15.2. The van der Waals surface area contributed by atoms with Crippen LogP contribution in [0.2, 0.25) is 0 Å². The molecule has 2 aliphatic carbocycles. The number of nitrogens with zero attached hydrogens (tertiary/aromatic N) is 1. The van der Waals surface area contributed by atoms with Crippen LogP contribution in [0.4, 0.5) is 0 Å². The molecule has 1 aliphatic heterocycles. The second-order valence-corrected chi connectivity index (χ2v) is 5.43. The van der Waals surface area contributed by atoms with Crippen LogP contribution in [0.25, 0.3) is 0 Å². The maximum Gasteiger partial charge on any atom is 0.0223 e. The molecule has 2 nitrogen and oxygen atoms in total. The molecule has 0 spiro atoms. The fourth-order valence-corrected chi connectivity index (χ4v) is 2.63. The van der Waals surface area contributed by atoms with E-state index in [1.807, 2.05) is 0 Å². The Hall–Kier alpha value is -0.0800. The van der Waals surface area contributed by atoms with Crippen molar-refractivity contribution in [3.05, 3.63) is 0 Å². The Bertz CT molecular complexity index is 196. The van der Waals surface area contributed by atoms with Crippen molar-refractivity contribution in [2.45, 2.75) is 38.1 Å². The standard InChI is InChI=1S/C12H22N2/c1-2-10(1)5-7-14-8-6-13-12(9-14)11-3-4-11/h10-13H,1-9H2. The van der Waals surface area contributed by atoms with Crippen molar-refractivity contribution in [3.8, 4) is 0 Å². The Morgan fingerprint density at radius 3 is 2.71 bits per heavy atom. The zero-order valence-electron chi connectivity index (χ0n) is 9.04. The van der Waals surface area contributed by atoms with Crippen molar-refractivity contribution < 1.29 is 0 Å². The van der Waals surface area contributed by atoms with Gasteiger partial charge in [-0.2, -0.15) is 0 Å². The van der Waals surface area contributed by atoms with Crippen molar-refractivity contribution in [2.24, 2.45) is 11.8 Å². The molecule has 2 saturated carbocycles. The molecule has 3 fully saturated rings. The molecule has 1 atom stereocenters. The lowest BCUT2D eigenvalue weighted by molar-refractivity contribution is 0.184. The molecule has 14 heavy (non-hydrogen) atoms. The molecule has 0 bridgehead atoms. The summed E-state index contributed by atoms with van der Waals surface area (Å²) in [4.78, 5) is 2.69. The first-order chi connectivity index (χ1) is 6.92. The predicted octanol–water partition coefficient (Wildman–Crippen LogP) is 1.47. The van der Waals surface area contributed by atoms with E-state index >= 15 is 0 Å². The van der Waals surface area contributed by atoms with Crippen molar-refractivity contribution in [1.29, 1.82) is 0 Å². The lowest BCUT2D eigenvalue weighted by Crippen LogP contribution is -2.51. The molecular formula is C12H22N2.